The van der Waals surface area contributed by atoms with Crippen LogP contribution in [-0.2, 0) is 12.8 Å². The van der Waals surface area contributed by atoms with Crippen LogP contribution in [0, 0.1) is 0 Å². The summed E-state index contributed by atoms with van der Waals surface area (Å²) in [7, 11) is 0. The molecule has 10 rings (SSSR count). The predicted molar refractivity (Wildman–Crippen MR) is 238 cm³/mol. The number of aromatic nitrogens is 5. The van der Waals surface area contributed by atoms with E-state index in [1.807, 2.05) is 48.8 Å². The third-order valence-electron chi connectivity index (χ3n) is 11.3. The Bertz CT molecular complexity index is 3020. The minimum atomic E-state index is 0.651. The van der Waals surface area contributed by atoms with Crippen LogP contribution in [0.15, 0.2) is 156 Å². The Morgan fingerprint density at radius 3 is 1.59 bits per heavy atom. The van der Waals surface area contributed by atoms with Gasteiger partial charge in [0.15, 0.2) is 17.5 Å². The molecule has 6 aromatic carbocycles. The van der Waals surface area contributed by atoms with Crippen molar-refractivity contribution in [3.8, 4) is 51.0 Å². The van der Waals surface area contributed by atoms with Gasteiger partial charge in [-0.2, -0.15) is 0 Å². The second-order valence-electron chi connectivity index (χ2n) is 15.2. The lowest BCUT2D eigenvalue weighted by Crippen LogP contribution is -2.00. The number of unbranched alkanes of at least 4 members (excludes halogenated alkanes) is 2. The molecule has 4 heterocycles. The monoisotopic (exact) mass is 753 g/mol. The highest BCUT2D eigenvalue weighted by Gasteiger charge is 2.21. The van der Waals surface area contributed by atoms with Crippen LogP contribution < -0.4 is 0 Å². The predicted octanol–water partition coefficient (Wildman–Crippen LogP) is 13.6. The van der Waals surface area contributed by atoms with E-state index in [1.165, 1.54) is 22.1 Å². The van der Waals surface area contributed by atoms with Gasteiger partial charge in [-0.15, -0.1) is 0 Å². The van der Waals surface area contributed by atoms with Crippen molar-refractivity contribution in [2.24, 2.45) is 0 Å². The molecular formula is C52H43N5O. The number of nitrogens with zero attached hydrogens (tertiary/aromatic N) is 5. The topological polar surface area (TPSA) is 69.6 Å². The molecule has 0 spiro atoms. The SMILES string of the molecule is CCCCc1cc(-c2ccc3c(c2)c2cnccc2n3-c2ccccc2)cc2c1oc1c(CCCC)cc(-c3nc(-c4ccccc4)nc(-c4ccccc4)n3)cc12. The van der Waals surface area contributed by atoms with Gasteiger partial charge in [0, 0.05) is 56.3 Å². The smallest absolute Gasteiger partial charge is 0.164 e. The molecule has 10 aromatic rings. The van der Waals surface area contributed by atoms with Crippen LogP contribution in [0.1, 0.15) is 50.7 Å². The zero-order chi connectivity index (χ0) is 39.0. The summed E-state index contributed by atoms with van der Waals surface area (Å²) in [6, 6.07) is 49.1. The summed E-state index contributed by atoms with van der Waals surface area (Å²) in [6.45, 7) is 4.49. The number of hydrogen-bond donors (Lipinski definition) is 0. The van der Waals surface area contributed by atoms with Crippen LogP contribution in [0.5, 0.6) is 0 Å². The van der Waals surface area contributed by atoms with Gasteiger partial charge in [0.25, 0.3) is 0 Å². The van der Waals surface area contributed by atoms with E-state index in [-0.39, 0.29) is 0 Å². The van der Waals surface area contributed by atoms with E-state index in [2.05, 4.69) is 127 Å². The van der Waals surface area contributed by atoms with Crippen molar-refractivity contribution in [1.29, 1.82) is 0 Å². The summed E-state index contributed by atoms with van der Waals surface area (Å²) in [6.07, 6.45) is 10.0. The lowest BCUT2D eigenvalue weighted by Gasteiger charge is -2.10. The normalized spacial score (nSPS) is 11.7. The number of pyridine rings is 1. The molecule has 0 fully saturated rings. The zero-order valence-electron chi connectivity index (χ0n) is 32.8. The van der Waals surface area contributed by atoms with Crippen molar-refractivity contribution >= 4 is 43.7 Å². The lowest BCUT2D eigenvalue weighted by molar-refractivity contribution is 0.649. The minimum Gasteiger partial charge on any atom is -0.455 e. The molecule has 0 atom stereocenters. The Balaban J connectivity index is 1.19. The molecule has 0 radical (unpaired) electrons. The molecule has 0 saturated heterocycles. The average Bonchev–Trinajstić information content (AvgIpc) is 3.84. The molecule has 0 aliphatic carbocycles. The van der Waals surface area contributed by atoms with E-state index in [0.717, 1.165) is 105 Å². The van der Waals surface area contributed by atoms with Gasteiger partial charge in [-0.05, 0) is 103 Å². The molecule has 0 aliphatic rings. The summed E-state index contributed by atoms with van der Waals surface area (Å²) in [5.74, 6) is 1.96. The van der Waals surface area contributed by atoms with Crippen LogP contribution in [0.3, 0.4) is 0 Å². The Morgan fingerprint density at radius 2 is 0.983 bits per heavy atom. The van der Waals surface area contributed by atoms with Gasteiger partial charge in [-0.25, -0.2) is 15.0 Å². The first-order valence-corrected chi connectivity index (χ1v) is 20.5. The van der Waals surface area contributed by atoms with Crippen molar-refractivity contribution in [3.05, 3.63) is 163 Å². The quantitative estimate of drug-likeness (QED) is 0.132. The molecule has 0 amide bonds. The van der Waals surface area contributed by atoms with Gasteiger partial charge in [-0.1, -0.05) is 112 Å². The summed E-state index contributed by atoms with van der Waals surface area (Å²) < 4.78 is 9.33. The molecule has 6 heteroatoms. The molecule has 0 unspecified atom stereocenters. The highest BCUT2D eigenvalue weighted by molar-refractivity contribution is 6.12. The number of furan rings is 1. The summed E-state index contributed by atoms with van der Waals surface area (Å²) >= 11 is 0. The van der Waals surface area contributed by atoms with Gasteiger partial charge < -0.3 is 8.98 Å². The third kappa shape index (κ3) is 6.41. The van der Waals surface area contributed by atoms with Gasteiger partial charge in [-0.3, -0.25) is 4.98 Å². The zero-order valence-corrected chi connectivity index (χ0v) is 32.8. The van der Waals surface area contributed by atoms with Crippen LogP contribution in [0.4, 0.5) is 0 Å². The number of rotatable bonds is 11. The van der Waals surface area contributed by atoms with E-state index < -0.39 is 0 Å². The van der Waals surface area contributed by atoms with E-state index in [9.17, 15) is 0 Å². The van der Waals surface area contributed by atoms with Crippen molar-refractivity contribution in [1.82, 2.24) is 24.5 Å². The van der Waals surface area contributed by atoms with Crippen molar-refractivity contribution < 1.29 is 4.42 Å². The Kier molecular flexibility index (Phi) is 9.30. The van der Waals surface area contributed by atoms with Crippen molar-refractivity contribution in [2.45, 2.75) is 52.4 Å². The first kappa shape index (κ1) is 35.5. The fourth-order valence-corrected chi connectivity index (χ4v) is 8.36. The van der Waals surface area contributed by atoms with Crippen LogP contribution >= 0.6 is 0 Å². The summed E-state index contributed by atoms with van der Waals surface area (Å²) in [4.78, 5) is 19.8. The number of fused-ring (bicyclic) bond motifs is 6. The second-order valence-corrected chi connectivity index (χ2v) is 15.2. The average molecular weight is 754 g/mol. The number of hydrogen-bond acceptors (Lipinski definition) is 5. The standard InChI is InChI=1S/C52H43N5O/c1-3-5-16-37-28-39(36-24-25-46-42(30-36)45-33-53-27-26-47(45)57(46)41-22-14-9-15-23-41)31-43-44-32-40(29-38(17-6-4-2)49(44)58-48(37)43)52-55-50(34-18-10-7-11-19-34)54-51(56-52)35-20-12-8-13-21-35/h7-15,18-33H,3-6,16-17H2,1-2H3. The molecule has 0 bridgehead atoms. The molecule has 58 heavy (non-hydrogen) atoms. The van der Waals surface area contributed by atoms with Crippen LogP contribution in [-0.4, -0.2) is 24.5 Å². The maximum atomic E-state index is 6.99. The third-order valence-corrected chi connectivity index (χ3v) is 11.3. The van der Waals surface area contributed by atoms with Gasteiger partial charge in [0.05, 0.1) is 11.0 Å². The van der Waals surface area contributed by atoms with E-state index in [1.54, 1.807) is 0 Å². The molecule has 4 aromatic heterocycles. The molecular weight excluding hydrogens is 711 g/mol. The maximum absolute atomic E-state index is 6.99. The van der Waals surface area contributed by atoms with Crippen LogP contribution in [0.2, 0.25) is 0 Å². The lowest BCUT2D eigenvalue weighted by atomic mass is 9.95. The number of aryl methyl sites for hydroxylation is 2. The Hall–Kier alpha value is -6.92. The first-order chi connectivity index (χ1) is 28.7. The summed E-state index contributed by atoms with van der Waals surface area (Å²) in [5, 5.41) is 4.52. The van der Waals surface area contributed by atoms with E-state index in [0.29, 0.717) is 17.5 Å². The molecule has 6 nitrogen and oxygen atoms in total. The maximum Gasteiger partial charge on any atom is 0.164 e. The molecule has 0 saturated carbocycles. The van der Waals surface area contributed by atoms with Gasteiger partial charge in [0.2, 0.25) is 0 Å². The Morgan fingerprint density at radius 1 is 0.466 bits per heavy atom. The molecule has 0 N–H and O–H groups in total. The van der Waals surface area contributed by atoms with Gasteiger partial charge >= 0.3 is 0 Å². The van der Waals surface area contributed by atoms with Crippen molar-refractivity contribution in [3.63, 3.8) is 0 Å². The second kappa shape index (κ2) is 15.2. The summed E-state index contributed by atoms with van der Waals surface area (Å²) in [5.41, 5.74) is 13.0. The fourth-order valence-electron chi connectivity index (χ4n) is 8.36. The fraction of sp³-hybridized carbons (Fsp3) is 0.154. The highest BCUT2D eigenvalue weighted by atomic mass is 16.3. The number of benzene rings is 6. The van der Waals surface area contributed by atoms with Gasteiger partial charge in [0.1, 0.15) is 11.2 Å². The van der Waals surface area contributed by atoms with Crippen molar-refractivity contribution in [2.75, 3.05) is 0 Å². The van der Waals surface area contributed by atoms with E-state index in [4.69, 9.17) is 19.4 Å². The minimum absolute atomic E-state index is 0.651. The largest absolute Gasteiger partial charge is 0.455 e. The molecule has 282 valence electrons. The number of para-hydroxylation sites is 1. The first-order valence-electron chi connectivity index (χ1n) is 20.5. The van der Waals surface area contributed by atoms with E-state index >= 15 is 0 Å². The molecule has 0 aliphatic heterocycles. The van der Waals surface area contributed by atoms with Crippen LogP contribution in [0.25, 0.3) is 94.7 Å². The highest BCUT2D eigenvalue weighted by Crippen LogP contribution is 2.41. The Labute approximate surface area is 337 Å².